The lowest BCUT2D eigenvalue weighted by atomic mass is 9.38. The van der Waals surface area contributed by atoms with Crippen LogP contribution in [0.2, 0.25) is 0 Å². The van der Waals surface area contributed by atoms with E-state index in [0.29, 0.717) is 21.7 Å². The molecule has 7 unspecified atom stereocenters. The fourth-order valence-electron chi connectivity index (χ4n) is 20.3. The highest BCUT2D eigenvalue weighted by molar-refractivity contribution is 6.90. The van der Waals surface area contributed by atoms with Gasteiger partial charge in [-0.25, -0.2) is 0 Å². The zero-order valence-electron chi connectivity index (χ0n) is 36.9. The third kappa shape index (κ3) is 3.34. The van der Waals surface area contributed by atoms with E-state index in [0.717, 1.165) is 35.5 Å². The fourth-order valence-corrected chi connectivity index (χ4v) is 20.3. The average molecular weight is 813 g/mol. The minimum absolute atomic E-state index is 0.0855. The zero-order valence-corrected chi connectivity index (χ0v) is 36.9. The fraction of sp³-hybridized carbons (Fsp3) is 0.400. The smallest absolute Gasteiger partial charge is 0.333 e. The first kappa shape index (κ1) is 33.5. The summed E-state index contributed by atoms with van der Waals surface area (Å²) in [5, 5.41) is 3.08. The van der Waals surface area contributed by atoms with Crippen LogP contribution in [0.5, 0.6) is 0 Å². The van der Waals surface area contributed by atoms with Crippen molar-refractivity contribution in [2.45, 2.75) is 101 Å². The molecule has 0 saturated heterocycles. The Morgan fingerprint density at radius 2 is 1.40 bits per heavy atom. The van der Waals surface area contributed by atoms with Crippen molar-refractivity contribution in [1.82, 2.24) is 4.48 Å². The summed E-state index contributed by atoms with van der Waals surface area (Å²) in [4.78, 5) is 2.72. The Hall–Kier alpha value is -5.02. The second-order valence-corrected chi connectivity index (χ2v) is 24.6. The molecule has 19 rings (SSSR count). The van der Waals surface area contributed by atoms with Crippen molar-refractivity contribution in [2.75, 3.05) is 4.90 Å². The van der Waals surface area contributed by atoms with E-state index in [2.05, 4.69) is 139 Å². The van der Waals surface area contributed by atoms with Crippen LogP contribution in [-0.4, -0.2) is 11.3 Å². The van der Waals surface area contributed by atoms with Crippen molar-refractivity contribution >= 4 is 56.6 Å². The molecule has 1 aromatic heterocycles. The van der Waals surface area contributed by atoms with Crippen LogP contribution in [0.1, 0.15) is 106 Å². The zero-order chi connectivity index (χ0) is 40.9. The van der Waals surface area contributed by atoms with E-state index < -0.39 is 0 Å². The highest BCUT2D eigenvalue weighted by Crippen LogP contribution is 2.85. The first-order valence-corrected chi connectivity index (χ1v) is 25.1. The second-order valence-electron chi connectivity index (χ2n) is 24.6. The summed E-state index contributed by atoms with van der Waals surface area (Å²) >= 11 is 0. The van der Waals surface area contributed by atoms with Gasteiger partial charge in [0.1, 0.15) is 0 Å². The maximum absolute atomic E-state index is 2.89. The number of para-hydroxylation sites is 2. The number of rotatable bonds is 3. The van der Waals surface area contributed by atoms with Crippen molar-refractivity contribution in [3.63, 3.8) is 0 Å². The molecule has 7 aromatic rings. The molecule has 2 spiro atoms. The Morgan fingerprint density at radius 1 is 0.603 bits per heavy atom. The van der Waals surface area contributed by atoms with Crippen molar-refractivity contribution in [1.29, 1.82) is 0 Å². The number of aromatic nitrogens is 1. The molecular weight excluding hydrogens is 759 g/mol. The molecule has 6 aromatic carbocycles. The van der Waals surface area contributed by atoms with Crippen molar-refractivity contribution < 1.29 is 0 Å². The predicted octanol–water partition coefficient (Wildman–Crippen LogP) is 13.0. The molecule has 4 heterocycles. The van der Waals surface area contributed by atoms with E-state index in [1.807, 2.05) is 0 Å². The maximum atomic E-state index is 2.89. The van der Waals surface area contributed by atoms with Crippen LogP contribution in [0.3, 0.4) is 0 Å². The lowest BCUT2D eigenvalue weighted by molar-refractivity contribution is -0.175. The van der Waals surface area contributed by atoms with Gasteiger partial charge in [0.2, 0.25) is 0 Å². The monoisotopic (exact) mass is 812 g/mol. The molecule has 9 aliphatic carbocycles. The summed E-state index contributed by atoms with van der Waals surface area (Å²) < 4.78 is 2.89. The largest absolute Gasteiger partial charge is 0.375 e. The number of nitrogens with zero attached hydrogens (tertiary/aromatic N) is 2. The summed E-state index contributed by atoms with van der Waals surface area (Å²) in [6.07, 6.45) is 14.7. The Balaban J connectivity index is 0.972. The van der Waals surface area contributed by atoms with E-state index in [-0.39, 0.29) is 12.3 Å². The van der Waals surface area contributed by atoms with Gasteiger partial charge in [-0.1, -0.05) is 80.6 Å². The molecule has 9 saturated carbocycles. The molecule has 306 valence electrons. The normalized spacial score (nSPS) is 36.8. The number of fused-ring (bicyclic) bond motifs is 11. The van der Waals surface area contributed by atoms with Crippen molar-refractivity contribution in [2.24, 2.45) is 46.3 Å². The second kappa shape index (κ2) is 9.95. The standard InChI is InChI=1S/C60H53BN2/c1-32-9-4-5-10-41(32)33-18-43-45-24-36(58-26-38-17-34-25-59(38,30-58)48(34)29-58)23-44-42-22-35(57-27-39-20-37-21-40(28-57)60(37,39)31-57)15-16-50(42)63(54(44)45)61-49-13-8-12-47-55(49)62(52(19-33)53(43)61)51-14-7-6-11-46(51)56(47,2)3/h4-16,18-19,22-24,34,37-40,48H,17,20-21,25-31H2,1-3H3. The van der Waals surface area contributed by atoms with E-state index in [1.165, 1.54) is 148 Å². The summed E-state index contributed by atoms with van der Waals surface area (Å²) in [6.45, 7) is 7.32. The van der Waals surface area contributed by atoms with Crippen LogP contribution in [0.15, 0.2) is 109 Å². The highest BCUT2D eigenvalue weighted by Gasteiger charge is 2.78. The minimum Gasteiger partial charge on any atom is -0.375 e. The Labute approximate surface area is 371 Å². The molecular formula is C60H53BN2. The first-order valence-electron chi connectivity index (χ1n) is 25.1. The van der Waals surface area contributed by atoms with Crippen molar-refractivity contribution in [3.8, 4) is 22.3 Å². The molecule has 63 heavy (non-hydrogen) atoms. The predicted molar refractivity (Wildman–Crippen MR) is 258 cm³/mol. The summed E-state index contributed by atoms with van der Waals surface area (Å²) in [5.74, 6) is 5.96. The number of hydrogen-bond acceptors (Lipinski definition) is 1. The van der Waals surface area contributed by atoms with Gasteiger partial charge in [0.25, 0.3) is 0 Å². The van der Waals surface area contributed by atoms with Gasteiger partial charge in [-0.05, 0) is 226 Å². The van der Waals surface area contributed by atoms with E-state index in [9.17, 15) is 0 Å². The van der Waals surface area contributed by atoms with Crippen LogP contribution in [0.25, 0.3) is 44.1 Å². The Bertz CT molecular complexity index is 3370. The van der Waals surface area contributed by atoms with Gasteiger partial charge in [0.05, 0.1) is 5.69 Å². The van der Waals surface area contributed by atoms with Gasteiger partial charge in [0.15, 0.2) is 0 Å². The third-order valence-electron chi connectivity index (χ3n) is 22.5. The average Bonchev–Trinajstić information content (AvgIpc) is 4.12. The maximum Gasteiger partial charge on any atom is 0.333 e. The van der Waals surface area contributed by atoms with Crippen LogP contribution >= 0.6 is 0 Å². The molecule has 7 atom stereocenters. The quantitative estimate of drug-likeness (QED) is 0.161. The molecule has 0 amide bonds. The van der Waals surface area contributed by atoms with Crippen LogP contribution in [-0.2, 0) is 16.2 Å². The van der Waals surface area contributed by atoms with Gasteiger partial charge < -0.3 is 9.38 Å². The van der Waals surface area contributed by atoms with Gasteiger partial charge in [-0.2, -0.15) is 0 Å². The molecule has 3 aliphatic heterocycles. The van der Waals surface area contributed by atoms with Crippen LogP contribution in [0.4, 0.5) is 17.1 Å². The van der Waals surface area contributed by atoms with Gasteiger partial charge in [0, 0.05) is 44.2 Å². The topological polar surface area (TPSA) is 8.17 Å². The molecule has 2 nitrogen and oxygen atoms in total. The third-order valence-corrected chi connectivity index (χ3v) is 22.5. The van der Waals surface area contributed by atoms with Gasteiger partial charge in [-0.3, -0.25) is 0 Å². The number of aryl methyl sites for hydroxylation is 1. The molecule has 0 N–H and O–H groups in total. The minimum atomic E-state index is -0.130. The first-order chi connectivity index (χ1) is 30.7. The lowest BCUT2D eigenvalue weighted by Crippen LogP contribution is -2.59. The number of benzene rings is 6. The van der Waals surface area contributed by atoms with E-state index in [4.69, 9.17) is 0 Å². The van der Waals surface area contributed by atoms with Gasteiger partial charge in [-0.15, -0.1) is 0 Å². The van der Waals surface area contributed by atoms with Crippen LogP contribution < -0.4 is 15.8 Å². The summed E-state index contributed by atoms with van der Waals surface area (Å²) in [5.41, 5.74) is 25.2. The molecule has 5 bridgehead atoms. The molecule has 9 fully saturated rings. The number of anilines is 3. The lowest BCUT2D eigenvalue weighted by Gasteiger charge is -2.66. The number of hydrogen-bond donors (Lipinski definition) is 0. The van der Waals surface area contributed by atoms with Crippen molar-refractivity contribution in [3.05, 3.63) is 137 Å². The summed E-state index contributed by atoms with van der Waals surface area (Å²) in [7, 11) is 0. The Morgan fingerprint density at radius 3 is 2.22 bits per heavy atom. The van der Waals surface area contributed by atoms with Crippen LogP contribution in [0, 0.1) is 53.3 Å². The SMILES string of the molecule is Cc1ccccc1-c1cc2c3c(c1)N1c4ccccc4C(C)(C)c4cccc(c41)B3n1c3ccc(C45CC6CC7CC(C4)C76C5)cc3c3cc(C45CC6CC7CC6(C4)C7C5)cc-2c31. The van der Waals surface area contributed by atoms with E-state index >= 15 is 0 Å². The Kier molecular flexibility index (Phi) is 5.29. The highest BCUT2D eigenvalue weighted by atomic mass is 15.2. The molecule has 3 heteroatoms. The summed E-state index contributed by atoms with van der Waals surface area (Å²) in [6, 6.07) is 44.7. The van der Waals surface area contributed by atoms with Gasteiger partial charge >= 0.3 is 6.85 Å². The molecule has 0 radical (unpaired) electrons. The molecule has 12 aliphatic rings. The van der Waals surface area contributed by atoms with E-state index in [1.54, 1.807) is 16.5 Å².